The molecule has 0 amide bonds. The zero-order chi connectivity index (χ0) is 14.5. The lowest BCUT2D eigenvalue weighted by atomic mass is 10.2. The van der Waals surface area contributed by atoms with Gasteiger partial charge in [-0.05, 0) is 6.07 Å². The molecule has 0 radical (unpaired) electrons. The van der Waals surface area contributed by atoms with Crippen LogP contribution in [0.5, 0.6) is 11.5 Å². The Kier molecular flexibility index (Phi) is 4.63. The van der Waals surface area contributed by atoms with Crippen molar-refractivity contribution >= 4 is 0 Å². The number of hydrogen-bond acceptors (Lipinski definition) is 3. The fourth-order valence-corrected chi connectivity index (χ4v) is 1.68. The molecule has 2 rings (SSSR count). The first-order chi connectivity index (χ1) is 9.54. The van der Waals surface area contributed by atoms with Crippen molar-refractivity contribution in [3.63, 3.8) is 0 Å². The number of nitrogens with one attached hydrogen (secondary N) is 1. The summed E-state index contributed by atoms with van der Waals surface area (Å²) >= 11 is 0. The first kappa shape index (κ1) is 14.4. The van der Waals surface area contributed by atoms with Crippen molar-refractivity contribution in [1.29, 1.82) is 0 Å². The molecule has 0 aliphatic heterocycles. The minimum atomic E-state index is -0.675. The number of pyridine rings is 1. The van der Waals surface area contributed by atoms with E-state index in [0.29, 0.717) is 18.3 Å². The van der Waals surface area contributed by atoms with Gasteiger partial charge < -0.3 is 10.1 Å². The number of hydrogen-bond donors (Lipinski definition) is 1. The summed E-state index contributed by atoms with van der Waals surface area (Å²) in [6.07, 6.45) is 3.18. The average Bonchev–Trinajstić information content (AvgIpc) is 2.36. The van der Waals surface area contributed by atoms with E-state index in [-0.39, 0.29) is 5.75 Å². The van der Waals surface area contributed by atoms with Gasteiger partial charge >= 0.3 is 0 Å². The minimum absolute atomic E-state index is 0.112. The van der Waals surface area contributed by atoms with Crippen molar-refractivity contribution in [2.45, 2.75) is 26.4 Å². The molecule has 1 aromatic carbocycles. The molecule has 1 heterocycles. The molecule has 1 aromatic heterocycles. The molecule has 0 aliphatic carbocycles. The van der Waals surface area contributed by atoms with Gasteiger partial charge in [0.2, 0.25) is 0 Å². The van der Waals surface area contributed by atoms with Crippen LogP contribution in [0.3, 0.4) is 0 Å². The second kappa shape index (κ2) is 6.43. The lowest BCUT2D eigenvalue weighted by Gasteiger charge is -2.13. The summed E-state index contributed by atoms with van der Waals surface area (Å²) < 4.78 is 31.8. The molecule has 5 heteroatoms. The highest BCUT2D eigenvalue weighted by atomic mass is 19.1. The van der Waals surface area contributed by atoms with E-state index in [1.54, 1.807) is 12.3 Å². The summed E-state index contributed by atoms with van der Waals surface area (Å²) in [5, 5.41) is 3.25. The molecule has 0 bridgehead atoms. The molecule has 0 atom stereocenters. The predicted octanol–water partition coefficient (Wildman–Crippen LogP) is 3.65. The second-order valence-corrected chi connectivity index (χ2v) is 4.73. The highest BCUT2D eigenvalue weighted by Gasteiger charge is 2.08. The Balaban J connectivity index is 2.20. The van der Waals surface area contributed by atoms with E-state index in [2.05, 4.69) is 10.3 Å². The Morgan fingerprint density at radius 2 is 1.90 bits per heavy atom. The Hall–Kier alpha value is -2.01. The third-order valence-corrected chi connectivity index (χ3v) is 2.63. The number of halogens is 2. The standard InChI is InChI=1S/C15H16F2N2O/c1-10(2)19-8-11-3-4-18-9-15(11)20-14-6-12(16)5-13(17)7-14/h3-7,9-10,19H,8H2,1-2H3. The number of nitrogens with zero attached hydrogens (tertiary/aromatic N) is 1. The minimum Gasteiger partial charge on any atom is -0.455 e. The maximum atomic E-state index is 13.1. The van der Waals surface area contributed by atoms with Gasteiger partial charge in [0, 0.05) is 42.5 Å². The van der Waals surface area contributed by atoms with Gasteiger partial charge in [-0.15, -0.1) is 0 Å². The van der Waals surface area contributed by atoms with Crippen LogP contribution in [0.15, 0.2) is 36.7 Å². The summed E-state index contributed by atoms with van der Waals surface area (Å²) in [7, 11) is 0. The molecule has 0 saturated carbocycles. The summed E-state index contributed by atoms with van der Waals surface area (Å²) in [6.45, 7) is 4.65. The summed E-state index contributed by atoms with van der Waals surface area (Å²) in [4.78, 5) is 3.97. The molecule has 0 fully saturated rings. The van der Waals surface area contributed by atoms with Gasteiger partial charge in [-0.25, -0.2) is 8.78 Å². The van der Waals surface area contributed by atoms with Gasteiger partial charge in [0.05, 0.1) is 6.20 Å². The summed E-state index contributed by atoms with van der Waals surface area (Å²) in [6, 6.07) is 5.20. The number of rotatable bonds is 5. The highest BCUT2D eigenvalue weighted by molar-refractivity contribution is 5.35. The van der Waals surface area contributed by atoms with Crippen LogP contribution in [0.25, 0.3) is 0 Å². The van der Waals surface area contributed by atoms with Crippen molar-refractivity contribution in [2.75, 3.05) is 0 Å². The SMILES string of the molecule is CC(C)NCc1ccncc1Oc1cc(F)cc(F)c1. The van der Waals surface area contributed by atoms with Gasteiger partial charge in [0.1, 0.15) is 23.1 Å². The van der Waals surface area contributed by atoms with Crippen molar-refractivity contribution in [1.82, 2.24) is 10.3 Å². The van der Waals surface area contributed by atoms with Crippen LogP contribution >= 0.6 is 0 Å². The van der Waals surface area contributed by atoms with Gasteiger partial charge in [-0.3, -0.25) is 4.98 Å². The molecule has 0 saturated heterocycles. The van der Waals surface area contributed by atoms with E-state index >= 15 is 0 Å². The van der Waals surface area contributed by atoms with E-state index in [1.807, 2.05) is 13.8 Å². The first-order valence-corrected chi connectivity index (χ1v) is 6.35. The first-order valence-electron chi connectivity index (χ1n) is 6.35. The normalized spacial score (nSPS) is 10.8. The van der Waals surface area contributed by atoms with E-state index in [1.165, 1.54) is 6.20 Å². The monoisotopic (exact) mass is 278 g/mol. The molecule has 0 unspecified atom stereocenters. The van der Waals surface area contributed by atoms with Gasteiger partial charge in [0.25, 0.3) is 0 Å². The summed E-state index contributed by atoms with van der Waals surface area (Å²) in [5.41, 5.74) is 0.873. The van der Waals surface area contributed by atoms with Crippen molar-refractivity contribution in [3.8, 4) is 11.5 Å². The Bertz CT molecular complexity index is 568. The van der Waals surface area contributed by atoms with E-state index in [9.17, 15) is 8.78 Å². The Morgan fingerprint density at radius 1 is 1.20 bits per heavy atom. The predicted molar refractivity (Wildman–Crippen MR) is 72.6 cm³/mol. The third kappa shape index (κ3) is 3.99. The third-order valence-electron chi connectivity index (χ3n) is 2.63. The highest BCUT2D eigenvalue weighted by Crippen LogP contribution is 2.25. The van der Waals surface area contributed by atoms with Crippen LogP contribution in [-0.2, 0) is 6.54 Å². The van der Waals surface area contributed by atoms with E-state index in [0.717, 1.165) is 23.8 Å². The van der Waals surface area contributed by atoms with Crippen LogP contribution < -0.4 is 10.1 Å². The molecule has 2 aromatic rings. The Morgan fingerprint density at radius 3 is 2.55 bits per heavy atom. The molecule has 1 N–H and O–H groups in total. The topological polar surface area (TPSA) is 34.2 Å². The average molecular weight is 278 g/mol. The molecule has 3 nitrogen and oxygen atoms in total. The maximum Gasteiger partial charge on any atom is 0.150 e. The molecule has 20 heavy (non-hydrogen) atoms. The van der Waals surface area contributed by atoms with Crippen LogP contribution in [0.4, 0.5) is 8.78 Å². The fraction of sp³-hybridized carbons (Fsp3) is 0.267. The van der Waals surface area contributed by atoms with Gasteiger partial charge in [-0.1, -0.05) is 13.8 Å². The summed E-state index contributed by atoms with van der Waals surface area (Å²) in [5.74, 6) is -0.761. The quantitative estimate of drug-likeness (QED) is 0.906. The zero-order valence-corrected chi connectivity index (χ0v) is 11.4. The molecule has 0 spiro atoms. The second-order valence-electron chi connectivity index (χ2n) is 4.73. The molecule has 0 aliphatic rings. The molecular weight excluding hydrogens is 262 g/mol. The fourth-order valence-electron chi connectivity index (χ4n) is 1.68. The van der Waals surface area contributed by atoms with Gasteiger partial charge in [-0.2, -0.15) is 0 Å². The van der Waals surface area contributed by atoms with Crippen LogP contribution in [-0.4, -0.2) is 11.0 Å². The van der Waals surface area contributed by atoms with E-state index < -0.39 is 11.6 Å². The van der Waals surface area contributed by atoms with Gasteiger partial charge in [0.15, 0.2) is 0 Å². The maximum absolute atomic E-state index is 13.1. The molecular formula is C15H16F2N2O. The smallest absolute Gasteiger partial charge is 0.150 e. The van der Waals surface area contributed by atoms with Crippen LogP contribution in [0.1, 0.15) is 19.4 Å². The zero-order valence-electron chi connectivity index (χ0n) is 11.4. The number of aromatic nitrogens is 1. The van der Waals surface area contributed by atoms with Crippen molar-refractivity contribution < 1.29 is 13.5 Å². The lowest BCUT2D eigenvalue weighted by molar-refractivity contribution is 0.455. The van der Waals surface area contributed by atoms with Crippen molar-refractivity contribution in [3.05, 3.63) is 53.9 Å². The number of ether oxygens (including phenoxy) is 1. The van der Waals surface area contributed by atoms with E-state index in [4.69, 9.17) is 4.74 Å². The molecule has 106 valence electrons. The lowest BCUT2D eigenvalue weighted by Crippen LogP contribution is -2.22. The number of benzene rings is 1. The van der Waals surface area contributed by atoms with Crippen LogP contribution in [0.2, 0.25) is 0 Å². The van der Waals surface area contributed by atoms with Crippen molar-refractivity contribution in [2.24, 2.45) is 0 Å². The largest absolute Gasteiger partial charge is 0.455 e. The Labute approximate surface area is 116 Å². The van der Waals surface area contributed by atoms with Crippen LogP contribution in [0, 0.1) is 11.6 Å².